The third-order valence-corrected chi connectivity index (χ3v) is 2.69. The SMILES string of the molecule is Cc1ccc(CNCCc2cnc[nH]2)cc1F. The number of halogens is 1. The van der Waals surface area contributed by atoms with E-state index in [0.717, 1.165) is 24.2 Å². The first-order chi connectivity index (χ1) is 8.25. The number of hydrogen-bond acceptors (Lipinski definition) is 2. The van der Waals surface area contributed by atoms with Crippen molar-refractivity contribution in [2.24, 2.45) is 0 Å². The van der Waals surface area contributed by atoms with Crippen LogP contribution in [0.25, 0.3) is 0 Å². The molecule has 4 heteroatoms. The van der Waals surface area contributed by atoms with Gasteiger partial charge in [-0.15, -0.1) is 0 Å². The summed E-state index contributed by atoms with van der Waals surface area (Å²) < 4.78 is 13.3. The first-order valence-electron chi connectivity index (χ1n) is 5.68. The molecule has 0 aliphatic heterocycles. The summed E-state index contributed by atoms with van der Waals surface area (Å²) in [5, 5.41) is 3.27. The van der Waals surface area contributed by atoms with E-state index < -0.39 is 0 Å². The highest BCUT2D eigenvalue weighted by molar-refractivity contribution is 5.23. The summed E-state index contributed by atoms with van der Waals surface area (Å²) in [6, 6.07) is 5.33. The maximum Gasteiger partial charge on any atom is 0.126 e. The number of aryl methyl sites for hydroxylation is 1. The van der Waals surface area contributed by atoms with Crippen molar-refractivity contribution in [2.45, 2.75) is 19.9 Å². The van der Waals surface area contributed by atoms with Gasteiger partial charge in [0.25, 0.3) is 0 Å². The maximum absolute atomic E-state index is 13.3. The highest BCUT2D eigenvalue weighted by Crippen LogP contribution is 2.08. The molecule has 0 aliphatic rings. The van der Waals surface area contributed by atoms with Gasteiger partial charge in [-0.25, -0.2) is 9.37 Å². The Balaban J connectivity index is 1.76. The molecule has 0 atom stereocenters. The molecule has 90 valence electrons. The molecule has 2 rings (SSSR count). The van der Waals surface area contributed by atoms with Crippen molar-refractivity contribution in [3.05, 3.63) is 53.4 Å². The molecule has 0 saturated heterocycles. The van der Waals surface area contributed by atoms with Crippen molar-refractivity contribution < 1.29 is 4.39 Å². The Hall–Kier alpha value is -1.68. The van der Waals surface area contributed by atoms with Gasteiger partial charge in [0.05, 0.1) is 6.33 Å². The van der Waals surface area contributed by atoms with Gasteiger partial charge in [0.2, 0.25) is 0 Å². The molecule has 0 bridgehead atoms. The van der Waals surface area contributed by atoms with Crippen molar-refractivity contribution in [1.82, 2.24) is 15.3 Å². The van der Waals surface area contributed by atoms with Crippen molar-refractivity contribution >= 4 is 0 Å². The predicted octanol–water partition coefficient (Wildman–Crippen LogP) is 2.19. The van der Waals surface area contributed by atoms with E-state index in [0.29, 0.717) is 12.1 Å². The molecule has 2 aromatic rings. The van der Waals surface area contributed by atoms with Crippen molar-refractivity contribution in [3.8, 4) is 0 Å². The lowest BCUT2D eigenvalue weighted by molar-refractivity contribution is 0.611. The van der Waals surface area contributed by atoms with Crippen LogP contribution in [0.2, 0.25) is 0 Å². The molecule has 3 nitrogen and oxygen atoms in total. The third-order valence-electron chi connectivity index (χ3n) is 2.69. The van der Waals surface area contributed by atoms with Gasteiger partial charge in [0.15, 0.2) is 0 Å². The second-order valence-corrected chi connectivity index (χ2v) is 4.09. The molecular formula is C13H16FN3. The van der Waals surface area contributed by atoms with Crippen LogP contribution in [0.5, 0.6) is 0 Å². The van der Waals surface area contributed by atoms with E-state index in [-0.39, 0.29) is 5.82 Å². The molecule has 1 aromatic carbocycles. The first kappa shape index (κ1) is 11.8. The summed E-state index contributed by atoms with van der Waals surface area (Å²) in [6.07, 6.45) is 4.38. The lowest BCUT2D eigenvalue weighted by Gasteiger charge is -2.05. The topological polar surface area (TPSA) is 40.7 Å². The van der Waals surface area contributed by atoms with Crippen molar-refractivity contribution in [3.63, 3.8) is 0 Å². The van der Waals surface area contributed by atoms with Crippen LogP contribution in [0.4, 0.5) is 4.39 Å². The fraction of sp³-hybridized carbons (Fsp3) is 0.308. The molecule has 0 unspecified atom stereocenters. The first-order valence-corrected chi connectivity index (χ1v) is 5.68. The molecule has 0 aliphatic carbocycles. The second-order valence-electron chi connectivity index (χ2n) is 4.09. The smallest absolute Gasteiger partial charge is 0.126 e. The average molecular weight is 233 g/mol. The Morgan fingerprint density at radius 2 is 2.29 bits per heavy atom. The Bertz CT molecular complexity index is 466. The molecule has 0 fully saturated rings. The van der Waals surface area contributed by atoms with Gasteiger partial charge in [0, 0.05) is 31.4 Å². The van der Waals surface area contributed by atoms with Gasteiger partial charge >= 0.3 is 0 Å². The summed E-state index contributed by atoms with van der Waals surface area (Å²) in [5.74, 6) is -0.141. The lowest BCUT2D eigenvalue weighted by atomic mass is 10.1. The van der Waals surface area contributed by atoms with E-state index in [1.54, 1.807) is 25.4 Å². The summed E-state index contributed by atoms with van der Waals surface area (Å²) in [6.45, 7) is 3.30. The van der Waals surface area contributed by atoms with Crippen molar-refractivity contribution in [1.29, 1.82) is 0 Å². The minimum atomic E-state index is -0.141. The molecule has 0 spiro atoms. The van der Waals surface area contributed by atoms with Gasteiger partial charge in [-0.2, -0.15) is 0 Å². The quantitative estimate of drug-likeness (QED) is 0.777. The van der Waals surface area contributed by atoms with Crippen LogP contribution in [0.15, 0.2) is 30.7 Å². The Kier molecular flexibility index (Phi) is 3.88. The zero-order chi connectivity index (χ0) is 12.1. The van der Waals surface area contributed by atoms with Crippen LogP contribution >= 0.6 is 0 Å². The molecule has 0 amide bonds. The number of nitrogens with zero attached hydrogens (tertiary/aromatic N) is 1. The van der Waals surface area contributed by atoms with Crippen LogP contribution in [0.1, 0.15) is 16.8 Å². The zero-order valence-corrected chi connectivity index (χ0v) is 9.83. The summed E-state index contributed by atoms with van der Waals surface area (Å²) in [4.78, 5) is 6.99. The van der Waals surface area contributed by atoms with E-state index in [1.807, 2.05) is 12.3 Å². The van der Waals surface area contributed by atoms with E-state index >= 15 is 0 Å². The Morgan fingerprint density at radius 3 is 3.00 bits per heavy atom. The number of imidazole rings is 1. The third kappa shape index (κ3) is 3.39. The molecule has 1 heterocycles. The number of rotatable bonds is 5. The fourth-order valence-corrected chi connectivity index (χ4v) is 1.62. The predicted molar refractivity (Wildman–Crippen MR) is 65.1 cm³/mol. The lowest BCUT2D eigenvalue weighted by Crippen LogP contribution is -2.16. The summed E-state index contributed by atoms with van der Waals surface area (Å²) >= 11 is 0. The van der Waals surface area contributed by atoms with Crippen LogP contribution < -0.4 is 5.32 Å². The molecule has 0 radical (unpaired) electrons. The van der Waals surface area contributed by atoms with Gasteiger partial charge in [-0.05, 0) is 24.1 Å². The molecule has 2 N–H and O–H groups in total. The average Bonchev–Trinajstić information content (AvgIpc) is 2.82. The standard InChI is InChI=1S/C13H16FN3/c1-10-2-3-11(6-13(10)14)7-15-5-4-12-8-16-9-17-12/h2-3,6,8-9,15H,4-5,7H2,1H3,(H,16,17). The van der Waals surface area contributed by atoms with Gasteiger partial charge in [-0.1, -0.05) is 12.1 Å². The molecule has 17 heavy (non-hydrogen) atoms. The molecule has 0 saturated carbocycles. The van der Waals surface area contributed by atoms with Crippen LogP contribution in [0.3, 0.4) is 0 Å². The Labute approximate surface area is 100 Å². The second kappa shape index (κ2) is 5.59. The highest BCUT2D eigenvalue weighted by atomic mass is 19.1. The van der Waals surface area contributed by atoms with Crippen molar-refractivity contribution in [2.75, 3.05) is 6.54 Å². The number of aromatic amines is 1. The summed E-state index contributed by atoms with van der Waals surface area (Å²) in [7, 11) is 0. The zero-order valence-electron chi connectivity index (χ0n) is 9.83. The van der Waals surface area contributed by atoms with Crippen LogP contribution in [0, 0.1) is 12.7 Å². The minimum Gasteiger partial charge on any atom is -0.348 e. The number of H-pyrrole nitrogens is 1. The van der Waals surface area contributed by atoms with E-state index in [4.69, 9.17) is 0 Å². The maximum atomic E-state index is 13.3. The normalized spacial score (nSPS) is 10.7. The monoisotopic (exact) mass is 233 g/mol. The van der Waals surface area contributed by atoms with Crippen LogP contribution in [-0.2, 0) is 13.0 Å². The molecular weight excluding hydrogens is 217 g/mol. The minimum absolute atomic E-state index is 0.141. The van der Waals surface area contributed by atoms with Crippen LogP contribution in [-0.4, -0.2) is 16.5 Å². The number of benzene rings is 1. The number of nitrogens with one attached hydrogen (secondary N) is 2. The largest absolute Gasteiger partial charge is 0.348 e. The highest BCUT2D eigenvalue weighted by Gasteiger charge is 1.99. The number of aromatic nitrogens is 2. The van der Waals surface area contributed by atoms with E-state index in [1.165, 1.54) is 0 Å². The fourth-order valence-electron chi connectivity index (χ4n) is 1.62. The Morgan fingerprint density at radius 1 is 1.41 bits per heavy atom. The van der Waals surface area contributed by atoms with Gasteiger partial charge < -0.3 is 10.3 Å². The van der Waals surface area contributed by atoms with Gasteiger partial charge in [0.1, 0.15) is 5.82 Å². The summed E-state index contributed by atoms with van der Waals surface area (Å²) in [5.41, 5.74) is 2.76. The number of hydrogen-bond donors (Lipinski definition) is 2. The van der Waals surface area contributed by atoms with E-state index in [9.17, 15) is 4.39 Å². The van der Waals surface area contributed by atoms with Gasteiger partial charge in [-0.3, -0.25) is 0 Å². The van der Waals surface area contributed by atoms with E-state index in [2.05, 4.69) is 15.3 Å². The molecule has 1 aromatic heterocycles.